The van der Waals surface area contributed by atoms with Crippen molar-refractivity contribution in [2.24, 2.45) is 0 Å². The Kier molecular flexibility index (Phi) is 4.87. The first-order valence-electron chi connectivity index (χ1n) is 7.69. The summed E-state index contributed by atoms with van der Waals surface area (Å²) in [7, 11) is 0. The molecule has 2 heteroatoms. The van der Waals surface area contributed by atoms with Gasteiger partial charge in [0, 0.05) is 11.1 Å². The van der Waals surface area contributed by atoms with Crippen molar-refractivity contribution in [2.45, 2.75) is 64.5 Å². The lowest BCUT2D eigenvalue weighted by Crippen LogP contribution is -2.41. The van der Waals surface area contributed by atoms with Crippen molar-refractivity contribution in [1.82, 2.24) is 5.32 Å². The monoisotopic (exact) mass is 261 g/mol. The maximum Gasteiger partial charge on any atom is 0.124 e. The van der Waals surface area contributed by atoms with Crippen LogP contribution in [0.15, 0.2) is 24.3 Å². The first-order chi connectivity index (χ1) is 9.18. The Morgan fingerprint density at radius 1 is 1.21 bits per heavy atom. The van der Waals surface area contributed by atoms with E-state index >= 15 is 0 Å². The summed E-state index contributed by atoms with van der Waals surface area (Å²) in [6.45, 7) is 7.58. The quantitative estimate of drug-likeness (QED) is 0.875. The Bertz CT molecular complexity index is 392. The van der Waals surface area contributed by atoms with E-state index in [1.165, 1.54) is 31.2 Å². The molecule has 0 amide bonds. The van der Waals surface area contributed by atoms with Crippen LogP contribution >= 0.6 is 0 Å². The molecule has 0 aromatic heterocycles. The highest BCUT2D eigenvalue weighted by molar-refractivity contribution is 5.39. The van der Waals surface area contributed by atoms with Crippen LogP contribution in [0.3, 0.4) is 0 Å². The van der Waals surface area contributed by atoms with Crippen LogP contribution in [0.4, 0.5) is 0 Å². The van der Waals surface area contributed by atoms with Gasteiger partial charge in [0.15, 0.2) is 0 Å². The van der Waals surface area contributed by atoms with Crippen LogP contribution in [0.25, 0.3) is 0 Å². The van der Waals surface area contributed by atoms with E-state index < -0.39 is 0 Å². The zero-order valence-electron chi connectivity index (χ0n) is 12.5. The number of hydrogen-bond acceptors (Lipinski definition) is 2. The van der Waals surface area contributed by atoms with E-state index in [9.17, 15) is 0 Å². The minimum Gasteiger partial charge on any atom is -0.491 e. The van der Waals surface area contributed by atoms with Gasteiger partial charge in [0.25, 0.3) is 0 Å². The van der Waals surface area contributed by atoms with Gasteiger partial charge in [-0.15, -0.1) is 0 Å². The van der Waals surface area contributed by atoms with Gasteiger partial charge in [-0.2, -0.15) is 0 Å². The smallest absolute Gasteiger partial charge is 0.124 e. The highest BCUT2D eigenvalue weighted by Crippen LogP contribution is 2.38. The lowest BCUT2D eigenvalue weighted by Gasteiger charge is -2.35. The van der Waals surface area contributed by atoms with Crippen LogP contribution in [-0.2, 0) is 5.54 Å². The zero-order valence-corrected chi connectivity index (χ0v) is 12.5. The number of nitrogens with one attached hydrogen (secondary N) is 1. The molecule has 2 nitrogen and oxygen atoms in total. The largest absolute Gasteiger partial charge is 0.491 e. The Morgan fingerprint density at radius 3 is 2.74 bits per heavy atom. The van der Waals surface area contributed by atoms with E-state index in [1.807, 2.05) is 0 Å². The van der Waals surface area contributed by atoms with Crippen LogP contribution < -0.4 is 10.1 Å². The van der Waals surface area contributed by atoms with Gasteiger partial charge in [0.1, 0.15) is 5.75 Å². The van der Waals surface area contributed by atoms with Crippen molar-refractivity contribution in [3.05, 3.63) is 29.8 Å². The molecule has 1 saturated heterocycles. The summed E-state index contributed by atoms with van der Waals surface area (Å²) in [5.41, 5.74) is 1.44. The lowest BCUT2D eigenvalue weighted by molar-refractivity contribution is 0.224. The van der Waals surface area contributed by atoms with Gasteiger partial charge in [-0.05, 0) is 45.7 Å². The molecular weight excluding hydrogens is 234 g/mol. The van der Waals surface area contributed by atoms with E-state index in [0.717, 1.165) is 18.7 Å². The summed E-state index contributed by atoms with van der Waals surface area (Å²) >= 11 is 0. The van der Waals surface area contributed by atoms with Gasteiger partial charge in [-0.3, -0.25) is 0 Å². The standard InChI is InChI=1S/C17H27NO/c1-4-17(12-8-5-9-13-18-17)15-10-6-7-11-16(15)19-14(2)3/h6-7,10-11,14,18H,4-5,8-9,12-13H2,1-3H3. The van der Waals surface area contributed by atoms with Gasteiger partial charge >= 0.3 is 0 Å². The molecule has 1 fully saturated rings. The highest BCUT2D eigenvalue weighted by atomic mass is 16.5. The predicted molar refractivity (Wildman–Crippen MR) is 80.6 cm³/mol. The van der Waals surface area contributed by atoms with Gasteiger partial charge in [0.05, 0.1) is 6.10 Å². The fourth-order valence-electron chi connectivity index (χ4n) is 3.09. The molecule has 1 aromatic rings. The van der Waals surface area contributed by atoms with Crippen LogP contribution in [0.2, 0.25) is 0 Å². The third kappa shape index (κ3) is 3.30. The second-order valence-electron chi connectivity index (χ2n) is 5.84. The average Bonchev–Trinajstić information content (AvgIpc) is 2.65. The molecule has 19 heavy (non-hydrogen) atoms. The van der Waals surface area contributed by atoms with Crippen molar-refractivity contribution in [3.63, 3.8) is 0 Å². The van der Waals surface area contributed by atoms with Gasteiger partial charge in [-0.25, -0.2) is 0 Å². The molecule has 0 spiro atoms. The molecule has 0 bridgehead atoms. The zero-order chi connectivity index (χ0) is 13.7. The third-order valence-corrected chi connectivity index (χ3v) is 4.11. The summed E-state index contributed by atoms with van der Waals surface area (Å²) in [4.78, 5) is 0. The Labute approximate surface area is 117 Å². The molecule has 2 rings (SSSR count). The number of para-hydroxylation sites is 1. The fraction of sp³-hybridized carbons (Fsp3) is 0.647. The van der Waals surface area contributed by atoms with Gasteiger partial charge in [-0.1, -0.05) is 38.0 Å². The van der Waals surface area contributed by atoms with Crippen LogP contribution in [0.5, 0.6) is 5.75 Å². The molecule has 1 heterocycles. The summed E-state index contributed by atoms with van der Waals surface area (Å²) in [6.07, 6.45) is 6.47. The number of hydrogen-bond donors (Lipinski definition) is 1. The summed E-state index contributed by atoms with van der Waals surface area (Å²) in [5, 5.41) is 3.79. The molecule has 106 valence electrons. The molecule has 0 aliphatic carbocycles. The maximum atomic E-state index is 6.03. The van der Waals surface area contributed by atoms with E-state index in [2.05, 4.69) is 50.4 Å². The van der Waals surface area contributed by atoms with Crippen molar-refractivity contribution in [2.75, 3.05) is 6.54 Å². The first-order valence-corrected chi connectivity index (χ1v) is 7.69. The van der Waals surface area contributed by atoms with Crippen molar-refractivity contribution >= 4 is 0 Å². The van der Waals surface area contributed by atoms with E-state index in [-0.39, 0.29) is 11.6 Å². The topological polar surface area (TPSA) is 21.3 Å². The minimum atomic E-state index is 0.0992. The van der Waals surface area contributed by atoms with Crippen LogP contribution in [0.1, 0.15) is 58.4 Å². The molecule has 1 unspecified atom stereocenters. The second kappa shape index (κ2) is 6.42. The Balaban J connectivity index is 2.36. The SMILES string of the molecule is CCC1(c2ccccc2OC(C)C)CCCCCN1. The molecule has 1 atom stereocenters. The minimum absolute atomic E-state index is 0.0992. The number of rotatable bonds is 4. The van der Waals surface area contributed by atoms with Gasteiger partial charge in [0.2, 0.25) is 0 Å². The van der Waals surface area contributed by atoms with E-state index in [4.69, 9.17) is 4.74 Å². The number of ether oxygens (including phenoxy) is 1. The molecule has 1 N–H and O–H groups in total. The molecular formula is C17H27NO. The molecule has 1 aromatic carbocycles. The molecule has 1 aliphatic rings. The Morgan fingerprint density at radius 2 is 2.00 bits per heavy atom. The average molecular weight is 261 g/mol. The molecule has 1 aliphatic heterocycles. The first kappa shape index (κ1) is 14.4. The van der Waals surface area contributed by atoms with Crippen molar-refractivity contribution in [3.8, 4) is 5.75 Å². The second-order valence-corrected chi connectivity index (χ2v) is 5.84. The van der Waals surface area contributed by atoms with Crippen molar-refractivity contribution in [1.29, 1.82) is 0 Å². The molecule has 0 saturated carbocycles. The maximum absolute atomic E-state index is 6.03. The normalized spacial score (nSPS) is 24.2. The van der Waals surface area contributed by atoms with Crippen LogP contribution in [-0.4, -0.2) is 12.6 Å². The van der Waals surface area contributed by atoms with Gasteiger partial charge < -0.3 is 10.1 Å². The van der Waals surface area contributed by atoms with E-state index in [0.29, 0.717) is 0 Å². The number of benzene rings is 1. The Hall–Kier alpha value is -1.02. The summed E-state index contributed by atoms with van der Waals surface area (Å²) < 4.78 is 6.03. The fourth-order valence-corrected chi connectivity index (χ4v) is 3.09. The third-order valence-electron chi connectivity index (χ3n) is 4.11. The molecule has 0 radical (unpaired) electrons. The summed E-state index contributed by atoms with van der Waals surface area (Å²) in [5.74, 6) is 1.05. The van der Waals surface area contributed by atoms with Crippen molar-refractivity contribution < 1.29 is 4.74 Å². The summed E-state index contributed by atoms with van der Waals surface area (Å²) in [6, 6.07) is 8.55. The van der Waals surface area contributed by atoms with Crippen LogP contribution in [0, 0.1) is 0 Å². The predicted octanol–water partition coefficient (Wildman–Crippen LogP) is 4.24. The van der Waals surface area contributed by atoms with E-state index in [1.54, 1.807) is 0 Å². The highest BCUT2D eigenvalue weighted by Gasteiger charge is 2.33. The lowest BCUT2D eigenvalue weighted by atomic mass is 9.82.